The van der Waals surface area contributed by atoms with E-state index in [9.17, 15) is 4.79 Å². The summed E-state index contributed by atoms with van der Waals surface area (Å²) in [5, 5.41) is 0. The molecule has 0 bridgehead atoms. The van der Waals surface area contributed by atoms with Gasteiger partial charge in [-0.25, -0.2) is 5.43 Å². The number of hydrogen-bond donors (Lipinski definition) is 2. The van der Waals surface area contributed by atoms with Crippen LogP contribution in [0.3, 0.4) is 0 Å². The molecule has 2 aromatic carbocycles. The lowest BCUT2D eigenvalue weighted by atomic mass is 9.94. The van der Waals surface area contributed by atoms with Crippen molar-refractivity contribution >= 4 is 5.91 Å². The Labute approximate surface area is 142 Å². The molecule has 0 aromatic heterocycles. The first-order chi connectivity index (χ1) is 11.8. The summed E-state index contributed by atoms with van der Waals surface area (Å²) in [4.78, 5) is 14.5. The first kappa shape index (κ1) is 16.5. The number of hydrogen-bond acceptors (Lipinski definition) is 4. The number of amides is 1. The van der Waals surface area contributed by atoms with E-state index in [0.717, 1.165) is 11.3 Å². The SMILES string of the molecule is CN(CCOc1ccccc1)C(=O)C1CNNC1c1ccccc1. The Morgan fingerprint density at radius 3 is 2.50 bits per heavy atom. The molecule has 1 fully saturated rings. The number of nitrogens with zero attached hydrogens (tertiary/aromatic N) is 1. The van der Waals surface area contributed by atoms with Crippen molar-refractivity contribution in [2.45, 2.75) is 6.04 Å². The quantitative estimate of drug-likeness (QED) is 0.853. The van der Waals surface area contributed by atoms with Gasteiger partial charge in [0, 0.05) is 13.6 Å². The summed E-state index contributed by atoms with van der Waals surface area (Å²) < 4.78 is 5.68. The van der Waals surface area contributed by atoms with Crippen molar-refractivity contribution in [1.82, 2.24) is 15.8 Å². The lowest BCUT2D eigenvalue weighted by molar-refractivity contribution is -0.134. The molecule has 2 aromatic rings. The molecular weight excluding hydrogens is 302 g/mol. The molecule has 5 heteroatoms. The number of nitrogens with one attached hydrogen (secondary N) is 2. The summed E-state index contributed by atoms with van der Waals surface area (Å²) >= 11 is 0. The van der Waals surface area contributed by atoms with E-state index in [1.807, 2.05) is 67.7 Å². The van der Waals surface area contributed by atoms with Crippen LogP contribution in [-0.2, 0) is 4.79 Å². The smallest absolute Gasteiger partial charge is 0.228 e. The second kappa shape index (κ2) is 7.95. The van der Waals surface area contributed by atoms with Gasteiger partial charge in [0.25, 0.3) is 0 Å². The highest BCUT2D eigenvalue weighted by Gasteiger charge is 2.35. The largest absolute Gasteiger partial charge is 0.492 e. The minimum absolute atomic E-state index is 0.00353. The van der Waals surface area contributed by atoms with Crippen LogP contribution < -0.4 is 15.6 Å². The Morgan fingerprint density at radius 1 is 1.12 bits per heavy atom. The van der Waals surface area contributed by atoms with Gasteiger partial charge < -0.3 is 9.64 Å². The molecular formula is C19H23N3O2. The van der Waals surface area contributed by atoms with Gasteiger partial charge in [0.15, 0.2) is 0 Å². The van der Waals surface area contributed by atoms with Crippen LogP contribution in [0.4, 0.5) is 0 Å². The van der Waals surface area contributed by atoms with Crippen molar-refractivity contribution in [3.8, 4) is 5.75 Å². The molecule has 0 radical (unpaired) electrons. The molecule has 2 unspecified atom stereocenters. The van der Waals surface area contributed by atoms with E-state index in [0.29, 0.717) is 19.7 Å². The number of carbonyl (C=O) groups excluding carboxylic acids is 1. The Bertz CT molecular complexity index is 648. The molecule has 0 spiro atoms. The second-order valence-electron chi connectivity index (χ2n) is 5.94. The number of para-hydroxylation sites is 1. The molecule has 5 nitrogen and oxygen atoms in total. The van der Waals surface area contributed by atoms with E-state index in [1.54, 1.807) is 4.90 Å². The summed E-state index contributed by atoms with van der Waals surface area (Å²) in [7, 11) is 1.83. The predicted octanol–water partition coefficient (Wildman–Crippen LogP) is 1.99. The second-order valence-corrected chi connectivity index (χ2v) is 5.94. The molecule has 1 saturated heterocycles. The van der Waals surface area contributed by atoms with Gasteiger partial charge in [-0.05, 0) is 17.7 Å². The summed E-state index contributed by atoms with van der Waals surface area (Å²) in [5.74, 6) is 0.830. The Morgan fingerprint density at radius 2 is 1.79 bits per heavy atom. The van der Waals surface area contributed by atoms with Gasteiger partial charge in [0.2, 0.25) is 5.91 Å². The van der Waals surface area contributed by atoms with Gasteiger partial charge in [-0.1, -0.05) is 48.5 Å². The van der Waals surface area contributed by atoms with Gasteiger partial charge in [0.1, 0.15) is 12.4 Å². The van der Waals surface area contributed by atoms with Crippen molar-refractivity contribution in [2.75, 3.05) is 26.7 Å². The number of ether oxygens (including phenoxy) is 1. The van der Waals surface area contributed by atoms with Gasteiger partial charge >= 0.3 is 0 Å². The highest BCUT2D eigenvalue weighted by Crippen LogP contribution is 2.26. The fourth-order valence-corrected chi connectivity index (χ4v) is 2.91. The van der Waals surface area contributed by atoms with Crippen LogP contribution >= 0.6 is 0 Å². The molecule has 1 amide bonds. The molecule has 3 rings (SSSR count). The van der Waals surface area contributed by atoms with Crippen LogP contribution in [0, 0.1) is 5.92 Å². The van der Waals surface area contributed by atoms with Crippen molar-refractivity contribution in [1.29, 1.82) is 0 Å². The number of rotatable bonds is 6. The lowest BCUT2D eigenvalue weighted by Gasteiger charge is -2.24. The average molecular weight is 325 g/mol. The maximum absolute atomic E-state index is 12.8. The zero-order valence-electron chi connectivity index (χ0n) is 13.8. The molecule has 0 saturated carbocycles. The van der Waals surface area contributed by atoms with Crippen molar-refractivity contribution < 1.29 is 9.53 Å². The van der Waals surface area contributed by atoms with Crippen LogP contribution in [0.2, 0.25) is 0 Å². The normalized spacial score (nSPS) is 19.9. The molecule has 1 aliphatic heterocycles. The zero-order valence-corrected chi connectivity index (χ0v) is 13.8. The highest BCUT2D eigenvalue weighted by molar-refractivity contribution is 5.80. The van der Waals surface area contributed by atoms with Crippen molar-refractivity contribution in [2.24, 2.45) is 5.92 Å². The van der Waals surface area contributed by atoms with Gasteiger partial charge in [0.05, 0.1) is 18.5 Å². The first-order valence-corrected chi connectivity index (χ1v) is 8.22. The monoisotopic (exact) mass is 325 g/mol. The summed E-state index contributed by atoms with van der Waals surface area (Å²) in [6.45, 7) is 1.67. The third-order valence-corrected chi connectivity index (χ3v) is 4.27. The fourth-order valence-electron chi connectivity index (χ4n) is 2.91. The molecule has 2 N–H and O–H groups in total. The van der Waals surface area contributed by atoms with E-state index in [-0.39, 0.29) is 17.9 Å². The van der Waals surface area contributed by atoms with E-state index < -0.39 is 0 Å². The maximum Gasteiger partial charge on any atom is 0.228 e. The summed E-state index contributed by atoms with van der Waals surface area (Å²) in [6, 6.07) is 19.7. The van der Waals surface area contributed by atoms with Crippen LogP contribution in [0.15, 0.2) is 60.7 Å². The Hall–Kier alpha value is -2.37. The van der Waals surface area contributed by atoms with Gasteiger partial charge in [-0.3, -0.25) is 10.2 Å². The van der Waals surface area contributed by atoms with E-state index >= 15 is 0 Å². The van der Waals surface area contributed by atoms with Crippen molar-refractivity contribution in [3.63, 3.8) is 0 Å². The van der Waals surface area contributed by atoms with Crippen LogP contribution in [0.25, 0.3) is 0 Å². The Kier molecular flexibility index (Phi) is 5.46. The number of benzene rings is 2. The van der Waals surface area contributed by atoms with Crippen LogP contribution in [-0.4, -0.2) is 37.6 Å². The van der Waals surface area contributed by atoms with E-state index in [2.05, 4.69) is 10.9 Å². The molecule has 2 atom stereocenters. The number of likely N-dealkylation sites (N-methyl/N-ethyl adjacent to an activating group) is 1. The van der Waals surface area contributed by atoms with Gasteiger partial charge in [-0.2, -0.15) is 0 Å². The lowest BCUT2D eigenvalue weighted by Crippen LogP contribution is -2.38. The Balaban J connectivity index is 1.54. The minimum Gasteiger partial charge on any atom is -0.492 e. The standard InChI is InChI=1S/C19H23N3O2/c1-22(12-13-24-16-10-6-3-7-11-16)19(23)17-14-20-21-18(17)15-8-4-2-5-9-15/h2-11,17-18,20-21H,12-14H2,1H3. The highest BCUT2D eigenvalue weighted by atomic mass is 16.5. The average Bonchev–Trinajstić information content (AvgIpc) is 3.12. The fraction of sp³-hybridized carbons (Fsp3) is 0.316. The molecule has 1 heterocycles. The summed E-state index contributed by atoms with van der Waals surface area (Å²) in [6.07, 6.45) is 0. The molecule has 126 valence electrons. The topological polar surface area (TPSA) is 53.6 Å². The van der Waals surface area contributed by atoms with E-state index in [1.165, 1.54) is 0 Å². The third-order valence-electron chi connectivity index (χ3n) is 4.27. The zero-order chi connectivity index (χ0) is 16.8. The first-order valence-electron chi connectivity index (χ1n) is 8.22. The molecule has 24 heavy (non-hydrogen) atoms. The number of carbonyl (C=O) groups is 1. The van der Waals surface area contributed by atoms with Crippen LogP contribution in [0.5, 0.6) is 5.75 Å². The summed E-state index contributed by atoms with van der Waals surface area (Å²) in [5.41, 5.74) is 7.44. The predicted molar refractivity (Wildman–Crippen MR) is 93.4 cm³/mol. The van der Waals surface area contributed by atoms with Crippen LogP contribution in [0.1, 0.15) is 11.6 Å². The third kappa shape index (κ3) is 3.93. The minimum atomic E-state index is -0.117. The molecule has 0 aliphatic carbocycles. The van der Waals surface area contributed by atoms with E-state index in [4.69, 9.17) is 4.74 Å². The number of hydrazine groups is 1. The molecule has 1 aliphatic rings. The maximum atomic E-state index is 12.8. The van der Waals surface area contributed by atoms with Gasteiger partial charge in [-0.15, -0.1) is 0 Å². The van der Waals surface area contributed by atoms with Crippen molar-refractivity contribution in [3.05, 3.63) is 66.2 Å².